The predicted octanol–water partition coefficient (Wildman–Crippen LogP) is 2.15. The third-order valence-electron chi connectivity index (χ3n) is 5.50. The second-order valence-electron chi connectivity index (χ2n) is 9.11. The Hall–Kier alpha value is -3.74. The highest BCUT2D eigenvalue weighted by molar-refractivity contribution is 6.06. The van der Waals surface area contributed by atoms with Crippen LogP contribution in [0.1, 0.15) is 42.3 Å². The summed E-state index contributed by atoms with van der Waals surface area (Å²) < 4.78 is 25.0. The maximum Gasteiger partial charge on any atom is 0.251 e. The minimum atomic E-state index is -1.43. The van der Waals surface area contributed by atoms with Crippen LogP contribution in [0, 0.1) is 0 Å². The van der Waals surface area contributed by atoms with Gasteiger partial charge < -0.3 is 25.4 Å². The summed E-state index contributed by atoms with van der Waals surface area (Å²) in [6.45, 7) is 6.82. The van der Waals surface area contributed by atoms with Gasteiger partial charge in [0.1, 0.15) is 5.67 Å². The number of carbonyl (C=O) groups excluding carboxylic acids is 2. The first-order chi connectivity index (χ1) is 18.1. The molecule has 206 valence electrons. The van der Waals surface area contributed by atoms with Crippen LogP contribution in [-0.2, 0) is 19.9 Å². The number of hydrazone groups is 1. The summed E-state index contributed by atoms with van der Waals surface area (Å²) in [4.78, 5) is 23.6. The second-order valence-corrected chi connectivity index (χ2v) is 9.11. The van der Waals surface area contributed by atoms with Crippen molar-refractivity contribution in [2.75, 3.05) is 51.9 Å². The number of hydrogen-bond acceptors (Lipinski definition) is 9. The molecule has 0 atom stereocenters. The van der Waals surface area contributed by atoms with Gasteiger partial charge in [0.25, 0.3) is 5.91 Å². The molecule has 2 aromatic carbocycles. The molecule has 11 nitrogen and oxygen atoms in total. The van der Waals surface area contributed by atoms with Gasteiger partial charge >= 0.3 is 0 Å². The van der Waals surface area contributed by atoms with E-state index in [0.717, 1.165) is 11.4 Å². The van der Waals surface area contributed by atoms with Gasteiger partial charge in [-0.15, -0.1) is 10.6 Å². The van der Waals surface area contributed by atoms with Crippen LogP contribution in [0.3, 0.4) is 0 Å². The van der Waals surface area contributed by atoms with E-state index in [9.17, 15) is 14.0 Å². The second kappa shape index (κ2) is 13.7. The third-order valence-corrected chi connectivity index (χ3v) is 5.50. The van der Waals surface area contributed by atoms with Crippen molar-refractivity contribution in [1.82, 2.24) is 26.7 Å². The topological polar surface area (TPSA) is 128 Å². The summed E-state index contributed by atoms with van der Waals surface area (Å²) in [6, 6.07) is 12.4. The smallest absolute Gasteiger partial charge is 0.251 e. The molecule has 0 unspecified atom stereocenters. The Balaban J connectivity index is 1.56. The molecule has 0 spiro atoms. The molecule has 3 rings (SSSR count). The summed E-state index contributed by atoms with van der Waals surface area (Å²) in [6.07, 6.45) is 0. The highest BCUT2D eigenvalue weighted by Gasteiger charge is 2.20. The number of benzene rings is 2. The summed E-state index contributed by atoms with van der Waals surface area (Å²) in [7, 11) is 1.75. The van der Waals surface area contributed by atoms with Crippen molar-refractivity contribution < 1.29 is 23.5 Å². The highest BCUT2D eigenvalue weighted by atomic mass is 19.1. The standard InChI is InChI=1S/C26H36FN7O4/c1-18(35)28-11-13-37-15-16-38-14-12-29-25(36)19-5-10-23(22(17-19)24-31-33-34(4)32-24)30-21-8-6-20(7-9-21)26(2,3)27/h5-10,17,30,33H,11-16H2,1-4H3,(H,28,35)(H,29,36)(H,31,32). The third kappa shape index (κ3) is 8.98. The first-order valence-electron chi connectivity index (χ1n) is 12.4. The van der Waals surface area contributed by atoms with Crippen molar-refractivity contribution in [2.45, 2.75) is 26.4 Å². The fraction of sp³-hybridized carbons (Fsp3) is 0.423. The molecule has 1 aliphatic heterocycles. The molecule has 1 heterocycles. The molecule has 0 fully saturated rings. The number of rotatable bonds is 14. The summed E-state index contributed by atoms with van der Waals surface area (Å²) in [5, 5.41) is 14.7. The zero-order chi connectivity index (χ0) is 27.5. The zero-order valence-electron chi connectivity index (χ0n) is 22.2. The van der Waals surface area contributed by atoms with Crippen LogP contribution in [0.4, 0.5) is 15.8 Å². The summed E-state index contributed by atoms with van der Waals surface area (Å²) >= 11 is 0. The minimum Gasteiger partial charge on any atom is -0.377 e. The van der Waals surface area contributed by atoms with E-state index in [1.165, 1.54) is 25.9 Å². The normalized spacial score (nSPS) is 13.1. The van der Waals surface area contributed by atoms with E-state index < -0.39 is 5.67 Å². The minimum absolute atomic E-state index is 0.0937. The average Bonchev–Trinajstić information content (AvgIpc) is 3.31. The lowest BCUT2D eigenvalue weighted by Crippen LogP contribution is -2.36. The van der Waals surface area contributed by atoms with Crippen molar-refractivity contribution in [3.05, 3.63) is 59.2 Å². The van der Waals surface area contributed by atoms with E-state index in [-0.39, 0.29) is 11.8 Å². The number of hydrazine groups is 2. The Morgan fingerprint density at radius 1 is 1.00 bits per heavy atom. The highest BCUT2D eigenvalue weighted by Crippen LogP contribution is 2.28. The maximum absolute atomic E-state index is 14.2. The van der Waals surface area contributed by atoms with E-state index in [1.54, 1.807) is 37.4 Å². The average molecular weight is 530 g/mol. The number of ether oxygens (including phenoxy) is 2. The van der Waals surface area contributed by atoms with Crippen molar-refractivity contribution in [1.29, 1.82) is 0 Å². The molecule has 38 heavy (non-hydrogen) atoms. The van der Waals surface area contributed by atoms with Crippen LogP contribution in [0.25, 0.3) is 0 Å². The number of nitrogens with one attached hydrogen (secondary N) is 5. The predicted molar refractivity (Wildman–Crippen MR) is 144 cm³/mol. The summed E-state index contributed by atoms with van der Waals surface area (Å²) in [5.41, 5.74) is 7.64. The van der Waals surface area contributed by atoms with Gasteiger partial charge in [-0.3, -0.25) is 15.0 Å². The molecule has 0 bridgehead atoms. The van der Waals surface area contributed by atoms with Crippen LogP contribution < -0.4 is 26.9 Å². The quantitative estimate of drug-likeness (QED) is 0.236. The molecule has 2 amide bonds. The van der Waals surface area contributed by atoms with Gasteiger partial charge in [-0.2, -0.15) is 0 Å². The van der Waals surface area contributed by atoms with Crippen LogP contribution >= 0.6 is 0 Å². The fourth-order valence-electron chi connectivity index (χ4n) is 3.51. The number of halogens is 1. The molecular formula is C26H36FN7O4. The van der Waals surface area contributed by atoms with Gasteiger partial charge in [0.15, 0.2) is 5.84 Å². The van der Waals surface area contributed by atoms with E-state index >= 15 is 0 Å². The molecule has 1 aliphatic rings. The Morgan fingerprint density at radius 2 is 1.66 bits per heavy atom. The number of amides is 2. The van der Waals surface area contributed by atoms with Crippen molar-refractivity contribution >= 4 is 29.0 Å². The molecule has 0 aromatic heterocycles. The lowest BCUT2D eigenvalue weighted by Gasteiger charge is -2.17. The number of anilines is 2. The van der Waals surface area contributed by atoms with Crippen LogP contribution in [0.15, 0.2) is 47.6 Å². The van der Waals surface area contributed by atoms with Crippen LogP contribution in [0.5, 0.6) is 0 Å². The van der Waals surface area contributed by atoms with Gasteiger partial charge in [0, 0.05) is 49.6 Å². The molecule has 0 aliphatic carbocycles. The Labute approximate surface area is 222 Å². The Kier molecular flexibility index (Phi) is 10.4. The zero-order valence-corrected chi connectivity index (χ0v) is 22.2. The SMILES string of the molecule is CC(=O)NCCOCCOCCNC(=O)c1ccc(Nc2ccc(C(C)(C)F)cc2)c(C2=NN(C)NN2)c1. The number of alkyl halides is 1. The number of hydrogen-bond donors (Lipinski definition) is 5. The van der Waals surface area contributed by atoms with Gasteiger partial charge in [-0.05, 0) is 49.7 Å². The monoisotopic (exact) mass is 529 g/mol. The lowest BCUT2D eigenvalue weighted by atomic mass is 10.00. The van der Waals surface area contributed by atoms with Gasteiger partial charge in [0.05, 0.1) is 26.4 Å². The van der Waals surface area contributed by atoms with Crippen molar-refractivity contribution in [3.63, 3.8) is 0 Å². The van der Waals surface area contributed by atoms with Gasteiger partial charge in [-0.25, -0.2) is 9.51 Å². The molecule has 12 heteroatoms. The van der Waals surface area contributed by atoms with E-state index in [1.807, 2.05) is 12.1 Å². The van der Waals surface area contributed by atoms with Gasteiger partial charge in [-0.1, -0.05) is 12.1 Å². The van der Waals surface area contributed by atoms with Crippen molar-refractivity contribution in [2.24, 2.45) is 5.10 Å². The number of nitrogens with zero attached hydrogens (tertiary/aromatic N) is 2. The molecule has 2 aromatic rings. The Bertz CT molecular complexity index is 1120. The molecule has 5 N–H and O–H groups in total. The van der Waals surface area contributed by atoms with E-state index in [2.05, 4.69) is 32.0 Å². The lowest BCUT2D eigenvalue weighted by molar-refractivity contribution is -0.119. The first-order valence-corrected chi connectivity index (χ1v) is 12.4. The Morgan fingerprint density at radius 3 is 2.24 bits per heavy atom. The number of carbonyl (C=O) groups is 2. The summed E-state index contributed by atoms with van der Waals surface area (Å²) in [5.74, 6) is 0.194. The van der Waals surface area contributed by atoms with Crippen LogP contribution in [-0.4, -0.2) is 69.3 Å². The van der Waals surface area contributed by atoms with E-state index in [0.29, 0.717) is 62.0 Å². The number of amidine groups is 1. The maximum atomic E-state index is 14.2. The molecule has 0 saturated heterocycles. The van der Waals surface area contributed by atoms with Crippen molar-refractivity contribution in [3.8, 4) is 0 Å². The molecular weight excluding hydrogens is 493 g/mol. The van der Waals surface area contributed by atoms with Crippen LogP contribution in [0.2, 0.25) is 0 Å². The van der Waals surface area contributed by atoms with Gasteiger partial charge in [0.2, 0.25) is 5.91 Å². The molecule has 0 saturated carbocycles. The van der Waals surface area contributed by atoms with E-state index in [4.69, 9.17) is 9.47 Å². The molecule has 0 radical (unpaired) electrons. The fourth-order valence-corrected chi connectivity index (χ4v) is 3.51. The largest absolute Gasteiger partial charge is 0.377 e. The first kappa shape index (κ1) is 28.8.